The maximum atomic E-state index is 11.8. The van der Waals surface area contributed by atoms with Crippen LogP contribution in [-0.2, 0) is 4.74 Å². The summed E-state index contributed by atoms with van der Waals surface area (Å²) in [6, 6.07) is 4.79. The first-order valence-electron chi connectivity index (χ1n) is 5.66. The van der Waals surface area contributed by atoms with E-state index in [2.05, 4.69) is 31.3 Å². The van der Waals surface area contributed by atoms with Crippen molar-refractivity contribution in [2.24, 2.45) is 0 Å². The minimum absolute atomic E-state index is 0.00643. The summed E-state index contributed by atoms with van der Waals surface area (Å²) >= 11 is 3.17. The summed E-state index contributed by atoms with van der Waals surface area (Å²) in [5, 5.41) is 19.2. The monoisotopic (exact) mass is 339 g/mol. The molecule has 0 spiro atoms. The van der Waals surface area contributed by atoms with Gasteiger partial charge in [0.2, 0.25) is 0 Å². The Hall–Kier alpha value is -2.22. The van der Waals surface area contributed by atoms with Gasteiger partial charge in [-0.2, -0.15) is 10.3 Å². The van der Waals surface area contributed by atoms with Crippen molar-refractivity contribution in [2.45, 2.75) is 6.92 Å². The lowest BCUT2D eigenvalue weighted by Gasteiger charge is -2.06. The van der Waals surface area contributed by atoms with Crippen LogP contribution < -0.4 is 0 Å². The highest BCUT2D eigenvalue weighted by molar-refractivity contribution is 9.10. The summed E-state index contributed by atoms with van der Waals surface area (Å²) in [6.45, 7) is 1.86. The van der Waals surface area contributed by atoms with E-state index in [4.69, 9.17) is 4.74 Å². The molecule has 0 amide bonds. The van der Waals surface area contributed by atoms with Gasteiger partial charge in [0.25, 0.3) is 0 Å². The molecule has 0 saturated heterocycles. The zero-order valence-corrected chi connectivity index (χ0v) is 12.0. The molecule has 0 aliphatic carbocycles. The zero-order chi connectivity index (χ0) is 14.7. The lowest BCUT2D eigenvalue weighted by molar-refractivity contribution is 0.0519. The number of hydrogen-bond acceptors (Lipinski definition) is 5. The molecule has 1 aromatic heterocycles. The van der Waals surface area contributed by atoms with Crippen molar-refractivity contribution in [3.05, 3.63) is 33.9 Å². The minimum atomic E-state index is -1.13. The molecule has 0 aliphatic heterocycles. The molecule has 104 valence electrons. The van der Waals surface area contributed by atoms with Crippen LogP contribution in [0, 0.1) is 0 Å². The van der Waals surface area contributed by atoms with E-state index in [1.807, 2.05) is 0 Å². The largest absolute Gasteiger partial charge is 0.478 e. The number of carboxylic acids is 1. The fourth-order valence-electron chi connectivity index (χ4n) is 1.70. The Morgan fingerprint density at radius 2 is 2.15 bits per heavy atom. The zero-order valence-electron chi connectivity index (χ0n) is 10.4. The highest BCUT2D eigenvalue weighted by atomic mass is 79.9. The van der Waals surface area contributed by atoms with Crippen LogP contribution in [0.1, 0.15) is 27.8 Å². The van der Waals surface area contributed by atoms with Gasteiger partial charge in [-0.25, -0.2) is 9.59 Å². The van der Waals surface area contributed by atoms with Crippen molar-refractivity contribution in [1.82, 2.24) is 15.4 Å². The van der Waals surface area contributed by atoms with E-state index in [1.165, 1.54) is 0 Å². The van der Waals surface area contributed by atoms with Crippen LogP contribution in [0.3, 0.4) is 0 Å². The third-order valence-corrected chi connectivity index (χ3v) is 3.16. The molecule has 2 rings (SSSR count). The topological polar surface area (TPSA) is 105 Å². The molecular weight excluding hydrogens is 330 g/mol. The Morgan fingerprint density at radius 3 is 2.80 bits per heavy atom. The molecule has 0 radical (unpaired) electrons. The first-order valence-corrected chi connectivity index (χ1v) is 6.45. The molecule has 0 bridgehead atoms. The number of H-pyrrole nitrogens is 1. The van der Waals surface area contributed by atoms with E-state index in [0.29, 0.717) is 4.47 Å². The molecule has 20 heavy (non-hydrogen) atoms. The van der Waals surface area contributed by atoms with Gasteiger partial charge >= 0.3 is 11.9 Å². The number of ether oxygens (including phenoxy) is 1. The number of carbonyl (C=O) groups excluding carboxylic acids is 1. The number of aromatic nitrogens is 3. The van der Waals surface area contributed by atoms with E-state index in [1.54, 1.807) is 25.1 Å². The predicted molar refractivity (Wildman–Crippen MR) is 72.4 cm³/mol. The van der Waals surface area contributed by atoms with Gasteiger partial charge in [-0.05, 0) is 28.9 Å². The predicted octanol–water partition coefficient (Wildman–Crippen LogP) is 2.11. The summed E-state index contributed by atoms with van der Waals surface area (Å²) in [5.41, 5.74) is 0.380. The van der Waals surface area contributed by atoms with E-state index in [-0.39, 0.29) is 29.1 Å². The number of esters is 1. The van der Waals surface area contributed by atoms with Crippen LogP contribution in [0.4, 0.5) is 0 Å². The van der Waals surface area contributed by atoms with Crippen LogP contribution >= 0.6 is 15.9 Å². The van der Waals surface area contributed by atoms with Gasteiger partial charge in [0.1, 0.15) is 5.69 Å². The van der Waals surface area contributed by atoms with Gasteiger partial charge in [-0.3, -0.25) is 0 Å². The number of nitrogens with zero attached hydrogens (tertiary/aromatic N) is 2. The number of carboxylic acid groups (broad SMARTS) is 1. The summed E-state index contributed by atoms with van der Waals surface area (Å²) in [5.74, 6) is -1.79. The molecule has 8 heteroatoms. The van der Waals surface area contributed by atoms with Crippen LogP contribution in [0.2, 0.25) is 0 Å². The molecule has 1 heterocycles. The summed E-state index contributed by atoms with van der Waals surface area (Å²) in [7, 11) is 0. The maximum Gasteiger partial charge on any atom is 0.361 e. The smallest absolute Gasteiger partial charge is 0.361 e. The van der Waals surface area contributed by atoms with Crippen molar-refractivity contribution >= 4 is 27.9 Å². The van der Waals surface area contributed by atoms with E-state index < -0.39 is 11.9 Å². The Bertz CT molecular complexity index is 668. The van der Waals surface area contributed by atoms with Crippen molar-refractivity contribution in [1.29, 1.82) is 0 Å². The van der Waals surface area contributed by atoms with Gasteiger partial charge in [-0.1, -0.05) is 12.1 Å². The van der Waals surface area contributed by atoms with E-state index >= 15 is 0 Å². The quantitative estimate of drug-likeness (QED) is 0.826. The molecule has 1 aromatic carbocycles. The second kappa shape index (κ2) is 5.83. The average molecular weight is 340 g/mol. The Morgan fingerprint density at radius 1 is 1.40 bits per heavy atom. The first kappa shape index (κ1) is 14.2. The number of benzene rings is 1. The van der Waals surface area contributed by atoms with Crippen LogP contribution in [0.15, 0.2) is 22.7 Å². The number of aromatic carboxylic acids is 1. The Labute approximate surface area is 122 Å². The normalized spacial score (nSPS) is 10.3. The molecule has 0 fully saturated rings. The third-order valence-electron chi connectivity index (χ3n) is 2.50. The molecule has 0 unspecified atom stereocenters. The lowest BCUT2D eigenvalue weighted by Crippen LogP contribution is -2.08. The molecule has 2 aromatic rings. The number of carbonyl (C=O) groups is 2. The maximum absolute atomic E-state index is 11.8. The molecule has 0 atom stereocenters. The Balaban J connectivity index is 2.59. The summed E-state index contributed by atoms with van der Waals surface area (Å²) < 4.78 is 5.25. The number of nitrogens with one attached hydrogen (secondary N) is 1. The fraction of sp³-hybridized carbons (Fsp3) is 0.167. The number of rotatable bonds is 4. The van der Waals surface area contributed by atoms with Gasteiger partial charge in [-0.15, -0.1) is 5.10 Å². The van der Waals surface area contributed by atoms with Gasteiger partial charge < -0.3 is 9.84 Å². The van der Waals surface area contributed by atoms with E-state index in [0.717, 1.165) is 0 Å². The molecule has 7 nitrogen and oxygen atoms in total. The average Bonchev–Trinajstić information content (AvgIpc) is 2.87. The molecule has 0 saturated carbocycles. The van der Waals surface area contributed by atoms with Crippen molar-refractivity contribution in [2.75, 3.05) is 6.61 Å². The Kier molecular flexibility index (Phi) is 4.14. The van der Waals surface area contributed by atoms with Crippen LogP contribution in [0.5, 0.6) is 0 Å². The second-order valence-electron chi connectivity index (χ2n) is 3.71. The van der Waals surface area contributed by atoms with Crippen LogP contribution in [0.25, 0.3) is 11.3 Å². The second-order valence-corrected chi connectivity index (χ2v) is 4.56. The number of halogens is 1. The highest BCUT2D eigenvalue weighted by Gasteiger charge is 2.24. The highest BCUT2D eigenvalue weighted by Crippen LogP contribution is 2.29. The summed E-state index contributed by atoms with van der Waals surface area (Å²) in [4.78, 5) is 23.1. The number of hydrogen-bond donors (Lipinski definition) is 2. The molecular formula is C12H10BrN3O4. The number of aromatic amines is 1. The van der Waals surface area contributed by atoms with Crippen molar-refractivity contribution in [3.63, 3.8) is 0 Å². The minimum Gasteiger partial charge on any atom is -0.478 e. The van der Waals surface area contributed by atoms with E-state index in [9.17, 15) is 14.7 Å². The van der Waals surface area contributed by atoms with Gasteiger partial charge in [0, 0.05) is 10.0 Å². The van der Waals surface area contributed by atoms with Gasteiger partial charge in [0.15, 0.2) is 5.69 Å². The van der Waals surface area contributed by atoms with Crippen molar-refractivity contribution < 1.29 is 19.4 Å². The first-order chi connectivity index (χ1) is 9.56. The van der Waals surface area contributed by atoms with Crippen molar-refractivity contribution in [3.8, 4) is 11.3 Å². The third kappa shape index (κ3) is 2.55. The summed E-state index contributed by atoms with van der Waals surface area (Å²) in [6.07, 6.45) is 0. The van der Waals surface area contributed by atoms with Crippen LogP contribution in [-0.4, -0.2) is 39.1 Å². The molecule has 0 aliphatic rings. The molecule has 2 N–H and O–H groups in total. The SMILES string of the molecule is CCOC(=O)c1n[nH]nc1-c1cccc(Br)c1C(=O)O. The fourth-order valence-corrected chi connectivity index (χ4v) is 2.24. The lowest BCUT2D eigenvalue weighted by atomic mass is 10.0. The van der Waals surface area contributed by atoms with Gasteiger partial charge in [0.05, 0.1) is 12.2 Å². The standard InChI is InChI=1S/C12H10BrN3O4/c1-2-20-12(19)10-9(14-16-15-10)6-4-3-5-7(13)8(6)11(17)18/h3-5H,2H2,1H3,(H,17,18)(H,14,15,16).